The lowest BCUT2D eigenvalue weighted by Gasteiger charge is -2.36. The van der Waals surface area contributed by atoms with Gasteiger partial charge in [-0.25, -0.2) is 0 Å². The van der Waals surface area contributed by atoms with Crippen LogP contribution in [0.5, 0.6) is 5.75 Å². The van der Waals surface area contributed by atoms with Gasteiger partial charge in [-0.3, -0.25) is 19.3 Å². The molecule has 1 heterocycles. The SMILES string of the molecule is COc1ccc(C(=O)NC2(N3CCCC3)C(=O)c3ccccc3C2=O)cc1. The molecular formula is C21H20N2O4. The van der Waals surface area contributed by atoms with Crippen LogP contribution in [0.4, 0.5) is 0 Å². The molecule has 27 heavy (non-hydrogen) atoms. The van der Waals surface area contributed by atoms with Crippen molar-refractivity contribution >= 4 is 17.5 Å². The smallest absolute Gasteiger partial charge is 0.253 e. The van der Waals surface area contributed by atoms with Gasteiger partial charge in [0.15, 0.2) is 0 Å². The second-order valence-electron chi connectivity index (χ2n) is 6.79. The van der Waals surface area contributed by atoms with Crippen LogP contribution in [0.1, 0.15) is 43.9 Å². The van der Waals surface area contributed by atoms with Crippen LogP contribution < -0.4 is 10.1 Å². The van der Waals surface area contributed by atoms with Gasteiger partial charge < -0.3 is 10.1 Å². The molecule has 0 unspecified atom stereocenters. The number of carbonyl (C=O) groups is 3. The van der Waals surface area contributed by atoms with Crippen LogP contribution in [-0.4, -0.2) is 48.2 Å². The third kappa shape index (κ3) is 2.64. The van der Waals surface area contributed by atoms with Gasteiger partial charge in [-0.15, -0.1) is 0 Å². The fourth-order valence-corrected chi connectivity index (χ4v) is 3.88. The standard InChI is InChI=1S/C21H20N2O4/c1-27-15-10-8-14(9-11-15)20(26)22-21(23-12-4-5-13-23)18(24)16-6-2-3-7-17(16)19(21)25/h2-3,6-11H,4-5,12-13H2,1H3,(H,22,26). The van der Waals surface area contributed by atoms with E-state index in [4.69, 9.17) is 4.74 Å². The zero-order valence-electron chi connectivity index (χ0n) is 15.0. The number of hydrogen-bond acceptors (Lipinski definition) is 5. The number of carbonyl (C=O) groups excluding carboxylic acids is 3. The van der Waals surface area contributed by atoms with Crippen molar-refractivity contribution in [2.24, 2.45) is 0 Å². The summed E-state index contributed by atoms with van der Waals surface area (Å²) in [5.74, 6) is -0.543. The van der Waals surface area contributed by atoms with E-state index in [-0.39, 0.29) is 11.6 Å². The Kier molecular flexibility index (Phi) is 4.28. The van der Waals surface area contributed by atoms with E-state index in [1.54, 1.807) is 60.5 Å². The lowest BCUT2D eigenvalue weighted by Crippen LogP contribution is -2.66. The van der Waals surface area contributed by atoms with Crippen LogP contribution >= 0.6 is 0 Å². The van der Waals surface area contributed by atoms with Gasteiger partial charge in [0.05, 0.1) is 7.11 Å². The van der Waals surface area contributed by atoms with E-state index in [2.05, 4.69) is 5.32 Å². The molecule has 0 bridgehead atoms. The maximum Gasteiger partial charge on any atom is 0.253 e. The number of fused-ring (bicyclic) bond motifs is 1. The van der Waals surface area contributed by atoms with Gasteiger partial charge in [0.1, 0.15) is 5.75 Å². The molecule has 2 aliphatic rings. The van der Waals surface area contributed by atoms with Crippen molar-refractivity contribution in [3.63, 3.8) is 0 Å². The average molecular weight is 364 g/mol. The Morgan fingerprint density at radius 1 is 0.963 bits per heavy atom. The molecule has 0 atom stereocenters. The summed E-state index contributed by atoms with van der Waals surface area (Å²) in [5.41, 5.74) is -0.559. The Hall–Kier alpha value is -2.99. The minimum absolute atomic E-state index is 0.355. The molecule has 4 rings (SSSR count). The molecule has 6 heteroatoms. The summed E-state index contributed by atoms with van der Waals surface area (Å²) >= 11 is 0. The predicted molar refractivity (Wildman–Crippen MR) is 99.1 cm³/mol. The van der Waals surface area contributed by atoms with E-state index in [0.717, 1.165) is 12.8 Å². The molecule has 0 radical (unpaired) electrons. The molecule has 0 aromatic heterocycles. The minimum atomic E-state index is -1.66. The van der Waals surface area contributed by atoms with Crippen molar-refractivity contribution < 1.29 is 19.1 Å². The number of ketones is 2. The molecular weight excluding hydrogens is 344 g/mol. The molecule has 1 aliphatic heterocycles. The molecule has 6 nitrogen and oxygen atoms in total. The van der Waals surface area contributed by atoms with Crippen LogP contribution in [0, 0.1) is 0 Å². The van der Waals surface area contributed by atoms with Crippen LogP contribution in [0.25, 0.3) is 0 Å². The number of Topliss-reactive ketones (excluding diaryl/α,β-unsaturated/α-hetero) is 2. The number of amides is 1. The van der Waals surface area contributed by atoms with Crippen molar-refractivity contribution in [1.29, 1.82) is 0 Å². The summed E-state index contributed by atoms with van der Waals surface area (Å²) < 4.78 is 5.11. The lowest BCUT2D eigenvalue weighted by molar-refractivity contribution is 0.0420. The first-order valence-corrected chi connectivity index (χ1v) is 8.98. The normalized spacial score (nSPS) is 18.4. The fraction of sp³-hybridized carbons (Fsp3) is 0.286. The van der Waals surface area contributed by atoms with Crippen LogP contribution in [0.2, 0.25) is 0 Å². The summed E-state index contributed by atoms with van der Waals surface area (Å²) in [6.45, 7) is 1.18. The minimum Gasteiger partial charge on any atom is -0.497 e. The lowest BCUT2D eigenvalue weighted by atomic mass is 10.0. The molecule has 0 spiro atoms. The number of nitrogens with one attached hydrogen (secondary N) is 1. The number of rotatable bonds is 4. The summed E-state index contributed by atoms with van der Waals surface area (Å²) in [6, 6.07) is 13.3. The third-order valence-electron chi connectivity index (χ3n) is 5.30. The van der Waals surface area contributed by atoms with Crippen molar-refractivity contribution in [3.05, 3.63) is 65.2 Å². The van der Waals surface area contributed by atoms with Gasteiger partial charge >= 0.3 is 0 Å². The van der Waals surface area contributed by atoms with Crippen LogP contribution in [-0.2, 0) is 0 Å². The van der Waals surface area contributed by atoms with Crippen molar-refractivity contribution in [3.8, 4) is 5.75 Å². The third-order valence-corrected chi connectivity index (χ3v) is 5.30. The Morgan fingerprint density at radius 3 is 2.04 bits per heavy atom. The molecule has 1 aliphatic carbocycles. The van der Waals surface area contributed by atoms with Crippen LogP contribution in [0.15, 0.2) is 48.5 Å². The van der Waals surface area contributed by atoms with E-state index in [0.29, 0.717) is 35.5 Å². The number of nitrogens with zero attached hydrogens (tertiary/aromatic N) is 1. The number of benzene rings is 2. The number of hydrogen-bond donors (Lipinski definition) is 1. The number of likely N-dealkylation sites (tertiary alicyclic amines) is 1. The molecule has 1 amide bonds. The molecule has 0 saturated carbocycles. The second kappa shape index (κ2) is 6.63. The molecule has 2 aromatic rings. The van der Waals surface area contributed by atoms with Gasteiger partial charge in [0, 0.05) is 29.8 Å². The van der Waals surface area contributed by atoms with Crippen LogP contribution in [0.3, 0.4) is 0 Å². The quantitative estimate of drug-likeness (QED) is 0.843. The van der Waals surface area contributed by atoms with Gasteiger partial charge in [0.2, 0.25) is 17.2 Å². The van der Waals surface area contributed by atoms with E-state index < -0.39 is 11.6 Å². The monoisotopic (exact) mass is 364 g/mol. The highest BCUT2D eigenvalue weighted by atomic mass is 16.5. The van der Waals surface area contributed by atoms with Gasteiger partial charge in [0.25, 0.3) is 5.91 Å². The fourth-order valence-electron chi connectivity index (χ4n) is 3.88. The van der Waals surface area contributed by atoms with Gasteiger partial charge in [-0.1, -0.05) is 24.3 Å². The maximum absolute atomic E-state index is 13.3. The molecule has 2 aromatic carbocycles. The first-order valence-electron chi connectivity index (χ1n) is 8.98. The highest BCUT2D eigenvalue weighted by Crippen LogP contribution is 2.35. The molecule has 1 saturated heterocycles. The number of ether oxygens (including phenoxy) is 1. The Labute approximate surface area is 157 Å². The van der Waals surface area contributed by atoms with Crippen molar-refractivity contribution in [2.45, 2.75) is 18.5 Å². The summed E-state index contributed by atoms with van der Waals surface area (Å²) in [5, 5.41) is 2.78. The Bertz CT molecular complexity index is 879. The molecule has 1 N–H and O–H groups in total. The van der Waals surface area contributed by atoms with Gasteiger partial charge in [-0.2, -0.15) is 0 Å². The average Bonchev–Trinajstić information content (AvgIpc) is 3.31. The summed E-state index contributed by atoms with van der Waals surface area (Å²) in [7, 11) is 1.55. The maximum atomic E-state index is 13.3. The van der Waals surface area contributed by atoms with E-state index in [1.165, 1.54) is 0 Å². The highest BCUT2D eigenvalue weighted by Gasteiger charge is 2.58. The molecule has 1 fully saturated rings. The van der Waals surface area contributed by atoms with E-state index >= 15 is 0 Å². The topological polar surface area (TPSA) is 75.7 Å². The summed E-state index contributed by atoms with van der Waals surface area (Å²) in [4.78, 5) is 41.3. The molecule has 138 valence electrons. The van der Waals surface area contributed by atoms with Crippen molar-refractivity contribution in [1.82, 2.24) is 10.2 Å². The second-order valence-corrected chi connectivity index (χ2v) is 6.79. The Balaban J connectivity index is 1.73. The van der Waals surface area contributed by atoms with E-state index in [1.807, 2.05) is 0 Å². The predicted octanol–water partition coefficient (Wildman–Crippen LogP) is 2.30. The van der Waals surface area contributed by atoms with Crippen molar-refractivity contribution in [2.75, 3.05) is 20.2 Å². The number of methoxy groups -OCH3 is 1. The first-order chi connectivity index (χ1) is 13.1. The van der Waals surface area contributed by atoms with Gasteiger partial charge in [-0.05, 0) is 37.1 Å². The zero-order valence-corrected chi connectivity index (χ0v) is 15.0. The first kappa shape index (κ1) is 17.4. The summed E-state index contributed by atoms with van der Waals surface area (Å²) in [6.07, 6.45) is 1.77. The largest absolute Gasteiger partial charge is 0.497 e. The zero-order chi connectivity index (χ0) is 19.0. The Morgan fingerprint density at radius 2 is 1.52 bits per heavy atom. The van der Waals surface area contributed by atoms with E-state index in [9.17, 15) is 14.4 Å². The highest BCUT2D eigenvalue weighted by molar-refractivity contribution is 6.33.